The van der Waals surface area contributed by atoms with Gasteiger partial charge in [0.05, 0.1) is 25.0 Å². The van der Waals surface area contributed by atoms with Crippen LogP contribution in [0.15, 0.2) is 42.6 Å². The molecule has 0 aliphatic carbocycles. The number of benzene rings is 1. The van der Waals surface area contributed by atoms with E-state index in [1.54, 1.807) is 35.2 Å². The van der Waals surface area contributed by atoms with Crippen LogP contribution in [0.4, 0.5) is 18.0 Å². The van der Waals surface area contributed by atoms with Crippen molar-refractivity contribution in [3.05, 3.63) is 59.7 Å². The number of aromatic nitrogens is 1. The normalized spacial score (nSPS) is 15.0. The molecule has 0 spiro atoms. The number of urea groups is 1. The van der Waals surface area contributed by atoms with E-state index in [1.807, 2.05) is 0 Å². The molecule has 6 nitrogen and oxygen atoms in total. The summed E-state index contributed by atoms with van der Waals surface area (Å²) in [5.74, 6) is 0.0988. The van der Waals surface area contributed by atoms with Gasteiger partial charge in [-0.2, -0.15) is 0 Å². The Balaban J connectivity index is 1.58. The van der Waals surface area contributed by atoms with Crippen molar-refractivity contribution in [2.24, 2.45) is 0 Å². The van der Waals surface area contributed by atoms with Crippen molar-refractivity contribution >= 4 is 6.03 Å². The molecule has 32 heavy (non-hydrogen) atoms. The predicted octanol–water partition coefficient (Wildman–Crippen LogP) is 4.06. The van der Waals surface area contributed by atoms with Crippen LogP contribution in [0.3, 0.4) is 0 Å². The average Bonchev–Trinajstić information content (AvgIpc) is 2.78. The smallest absolute Gasteiger partial charge is 0.318 e. The molecule has 174 valence electrons. The van der Waals surface area contributed by atoms with Crippen molar-refractivity contribution in [1.29, 1.82) is 0 Å². The number of halogens is 3. The zero-order chi connectivity index (χ0) is 22.9. The summed E-state index contributed by atoms with van der Waals surface area (Å²) in [5, 5.41) is 2.95. The third-order valence-electron chi connectivity index (χ3n) is 5.48. The van der Waals surface area contributed by atoms with Crippen molar-refractivity contribution in [2.45, 2.75) is 44.8 Å². The molecule has 0 saturated carbocycles. The summed E-state index contributed by atoms with van der Waals surface area (Å²) in [7, 11) is 2.06. The van der Waals surface area contributed by atoms with E-state index in [0.717, 1.165) is 37.7 Å². The molecule has 0 atom stereocenters. The van der Waals surface area contributed by atoms with Gasteiger partial charge in [0.25, 0.3) is 0 Å². The van der Waals surface area contributed by atoms with Crippen LogP contribution in [-0.2, 0) is 13.1 Å². The fraction of sp³-hybridized carbons (Fsp3) is 0.478. The Morgan fingerprint density at radius 2 is 1.94 bits per heavy atom. The summed E-state index contributed by atoms with van der Waals surface area (Å²) in [6.07, 6.45) is 0.173. The molecule has 1 aliphatic rings. The number of rotatable bonds is 9. The van der Waals surface area contributed by atoms with Gasteiger partial charge < -0.3 is 19.9 Å². The number of nitrogens with zero attached hydrogens (tertiary/aromatic N) is 3. The van der Waals surface area contributed by atoms with Gasteiger partial charge >= 0.3 is 6.03 Å². The van der Waals surface area contributed by atoms with E-state index in [4.69, 9.17) is 4.74 Å². The second kappa shape index (κ2) is 11.7. The van der Waals surface area contributed by atoms with Crippen LogP contribution in [0.1, 0.15) is 30.5 Å². The van der Waals surface area contributed by atoms with E-state index in [0.29, 0.717) is 24.5 Å². The number of alkyl halides is 2. The molecule has 3 rings (SSSR count). The van der Waals surface area contributed by atoms with Gasteiger partial charge in [-0.15, -0.1) is 0 Å². The first-order valence-corrected chi connectivity index (χ1v) is 10.7. The molecular weight excluding hydrogens is 421 g/mol. The van der Waals surface area contributed by atoms with E-state index in [1.165, 1.54) is 6.07 Å². The monoisotopic (exact) mass is 450 g/mol. The second-order valence-corrected chi connectivity index (χ2v) is 7.96. The molecule has 0 bridgehead atoms. The fourth-order valence-corrected chi connectivity index (χ4v) is 3.60. The number of piperidine rings is 1. The quantitative estimate of drug-likeness (QED) is 0.626. The highest BCUT2D eigenvalue weighted by atomic mass is 19.3. The number of ether oxygens (including phenoxy) is 1. The van der Waals surface area contributed by atoms with E-state index in [9.17, 15) is 18.0 Å². The topological polar surface area (TPSA) is 57.7 Å². The lowest BCUT2D eigenvalue weighted by Crippen LogP contribution is -2.49. The molecule has 1 aromatic heterocycles. The Bertz CT molecular complexity index is 841. The molecule has 2 heterocycles. The van der Waals surface area contributed by atoms with Crippen molar-refractivity contribution in [3.8, 4) is 5.75 Å². The summed E-state index contributed by atoms with van der Waals surface area (Å²) >= 11 is 0. The molecule has 1 fully saturated rings. The van der Waals surface area contributed by atoms with Gasteiger partial charge in [-0.1, -0.05) is 12.1 Å². The van der Waals surface area contributed by atoms with Crippen LogP contribution in [0.25, 0.3) is 0 Å². The number of hydrogen-bond donors (Lipinski definition) is 1. The number of carbonyl (C=O) groups excluding carboxylic acids is 1. The van der Waals surface area contributed by atoms with E-state index >= 15 is 0 Å². The standard InChI is InChI=1S/C23H29F3N4O2/c1-29-11-8-20(9-12-29)30(16-19-5-4-18(24)15-27-19)23(31)28-14-17-2-6-21(7-3-17)32-13-10-22(25)26/h2-7,15,20,22H,8-14,16H2,1H3,(H,28,31). The molecule has 2 amide bonds. The number of hydrogen-bond acceptors (Lipinski definition) is 4. The summed E-state index contributed by atoms with van der Waals surface area (Å²) < 4.78 is 42.9. The maximum Gasteiger partial charge on any atom is 0.318 e. The van der Waals surface area contributed by atoms with Gasteiger partial charge in [0, 0.05) is 19.0 Å². The van der Waals surface area contributed by atoms with Gasteiger partial charge in [0.1, 0.15) is 11.6 Å². The molecule has 1 saturated heterocycles. The summed E-state index contributed by atoms with van der Waals surface area (Å²) in [4.78, 5) is 21.2. The fourth-order valence-electron chi connectivity index (χ4n) is 3.60. The average molecular weight is 451 g/mol. The van der Waals surface area contributed by atoms with E-state index in [-0.39, 0.29) is 25.1 Å². The van der Waals surface area contributed by atoms with E-state index < -0.39 is 12.2 Å². The number of carbonyl (C=O) groups is 1. The zero-order valence-electron chi connectivity index (χ0n) is 18.1. The molecule has 1 N–H and O–H groups in total. The van der Waals surface area contributed by atoms with Gasteiger partial charge in [0.15, 0.2) is 0 Å². The van der Waals surface area contributed by atoms with Crippen LogP contribution < -0.4 is 10.1 Å². The Hall–Kier alpha value is -2.81. The molecule has 2 aromatic rings. The van der Waals surface area contributed by atoms with Crippen molar-refractivity contribution in [2.75, 3.05) is 26.7 Å². The Labute approximate surface area is 186 Å². The summed E-state index contributed by atoms with van der Waals surface area (Å²) in [5.41, 5.74) is 1.49. The SMILES string of the molecule is CN1CCC(N(Cc2ccc(F)cn2)C(=O)NCc2ccc(OCCC(F)F)cc2)CC1. The van der Waals surface area contributed by atoms with Gasteiger partial charge in [-0.25, -0.2) is 18.0 Å². The molecule has 9 heteroatoms. The Morgan fingerprint density at radius 1 is 1.22 bits per heavy atom. The Morgan fingerprint density at radius 3 is 2.56 bits per heavy atom. The first-order valence-electron chi connectivity index (χ1n) is 10.7. The minimum Gasteiger partial charge on any atom is -0.493 e. The lowest BCUT2D eigenvalue weighted by Gasteiger charge is -2.37. The summed E-state index contributed by atoms with van der Waals surface area (Å²) in [6.45, 7) is 2.38. The maximum atomic E-state index is 13.2. The number of nitrogens with one attached hydrogen (secondary N) is 1. The second-order valence-electron chi connectivity index (χ2n) is 7.96. The largest absolute Gasteiger partial charge is 0.493 e. The van der Waals surface area contributed by atoms with Gasteiger partial charge in [-0.05, 0) is 62.8 Å². The Kier molecular flexibility index (Phi) is 8.72. The molecule has 0 radical (unpaired) electrons. The maximum absolute atomic E-state index is 13.2. The number of likely N-dealkylation sites (tertiary alicyclic amines) is 1. The first-order chi connectivity index (χ1) is 15.4. The van der Waals surface area contributed by atoms with Gasteiger partial charge in [-0.3, -0.25) is 4.98 Å². The third-order valence-corrected chi connectivity index (χ3v) is 5.48. The van der Waals surface area contributed by atoms with Crippen LogP contribution in [0.2, 0.25) is 0 Å². The van der Waals surface area contributed by atoms with Crippen molar-refractivity contribution < 1.29 is 22.7 Å². The predicted molar refractivity (Wildman–Crippen MR) is 115 cm³/mol. The van der Waals surface area contributed by atoms with Crippen LogP contribution >= 0.6 is 0 Å². The minimum atomic E-state index is -2.39. The van der Waals surface area contributed by atoms with Crippen LogP contribution in [0, 0.1) is 5.82 Å². The van der Waals surface area contributed by atoms with Gasteiger partial charge in [0.2, 0.25) is 6.43 Å². The molecule has 1 aliphatic heterocycles. The number of amides is 2. The summed E-state index contributed by atoms with van der Waals surface area (Å²) in [6, 6.07) is 9.79. The lowest BCUT2D eigenvalue weighted by atomic mass is 10.0. The highest BCUT2D eigenvalue weighted by Gasteiger charge is 2.27. The third kappa shape index (κ3) is 7.40. The number of pyridine rings is 1. The van der Waals surface area contributed by atoms with E-state index in [2.05, 4.69) is 22.2 Å². The molecule has 1 aromatic carbocycles. The molecular formula is C23H29F3N4O2. The first kappa shape index (κ1) is 23.8. The minimum absolute atomic E-state index is 0.0449. The van der Waals surface area contributed by atoms with Crippen LogP contribution in [0.5, 0.6) is 5.75 Å². The lowest BCUT2D eigenvalue weighted by molar-refractivity contribution is 0.114. The van der Waals surface area contributed by atoms with Crippen molar-refractivity contribution in [3.63, 3.8) is 0 Å². The highest BCUT2D eigenvalue weighted by molar-refractivity contribution is 5.74. The highest BCUT2D eigenvalue weighted by Crippen LogP contribution is 2.19. The van der Waals surface area contributed by atoms with Crippen LogP contribution in [-0.4, -0.2) is 60.0 Å². The zero-order valence-corrected chi connectivity index (χ0v) is 18.1. The molecule has 0 unspecified atom stereocenters. The van der Waals surface area contributed by atoms with Crippen molar-refractivity contribution in [1.82, 2.24) is 20.1 Å².